The summed E-state index contributed by atoms with van der Waals surface area (Å²) in [6.45, 7) is 0. The number of alkyl halides is 4. The molecule has 2 rings (SSSR count). The molecule has 1 aromatic heterocycles. The highest BCUT2D eigenvalue weighted by atomic mass is 79.9. The van der Waals surface area contributed by atoms with Gasteiger partial charge in [-0.15, -0.1) is 0 Å². The average molecular weight is 398 g/mol. The molecule has 1 heterocycles. The van der Waals surface area contributed by atoms with Crippen LogP contribution < -0.4 is 0 Å². The molecule has 0 aliphatic rings. The molecule has 0 fully saturated rings. The first-order chi connectivity index (χ1) is 8.88. The van der Waals surface area contributed by atoms with Gasteiger partial charge in [0.1, 0.15) is 5.82 Å². The van der Waals surface area contributed by atoms with Crippen molar-refractivity contribution in [2.75, 3.05) is 0 Å². The fraction of sp³-hybridized carbons (Fsp3) is 0.250. The van der Waals surface area contributed by atoms with Gasteiger partial charge in [-0.05, 0) is 17.7 Å². The molecule has 1 N–H and O–H groups in total. The molecular formula is C12H9Br2F3N2. The molecule has 102 valence electrons. The van der Waals surface area contributed by atoms with E-state index in [0.29, 0.717) is 16.7 Å². The van der Waals surface area contributed by atoms with Crippen LogP contribution in [0.4, 0.5) is 13.2 Å². The highest BCUT2D eigenvalue weighted by Gasteiger charge is 2.35. The second-order valence-electron chi connectivity index (χ2n) is 3.94. The van der Waals surface area contributed by atoms with Crippen molar-refractivity contribution in [3.05, 3.63) is 52.0 Å². The standard InChI is InChI=1S/C12H9Br2F3N2/c13-7-1-2-8(9(5-7)12(15,16)17)10(14)6-11-18-3-4-19-11/h1-5,10H,6H2,(H,18,19). The number of halogens is 5. The van der Waals surface area contributed by atoms with Crippen LogP contribution in [0.25, 0.3) is 0 Å². The smallest absolute Gasteiger partial charge is 0.349 e. The van der Waals surface area contributed by atoms with Crippen LogP contribution in [0.1, 0.15) is 21.8 Å². The monoisotopic (exact) mass is 396 g/mol. The normalized spacial score (nSPS) is 13.5. The van der Waals surface area contributed by atoms with Gasteiger partial charge in [-0.2, -0.15) is 13.2 Å². The van der Waals surface area contributed by atoms with Gasteiger partial charge >= 0.3 is 6.18 Å². The van der Waals surface area contributed by atoms with E-state index in [9.17, 15) is 13.2 Å². The topological polar surface area (TPSA) is 28.7 Å². The van der Waals surface area contributed by atoms with Gasteiger partial charge in [0.05, 0.1) is 5.56 Å². The second-order valence-corrected chi connectivity index (χ2v) is 5.96. The maximum Gasteiger partial charge on any atom is 0.416 e. The highest BCUT2D eigenvalue weighted by molar-refractivity contribution is 9.10. The lowest BCUT2D eigenvalue weighted by molar-refractivity contribution is -0.138. The Labute approximate surface area is 124 Å². The zero-order chi connectivity index (χ0) is 14.0. The summed E-state index contributed by atoms with van der Waals surface area (Å²) in [5.41, 5.74) is -0.442. The Hall–Kier alpha value is -0.820. The first-order valence-corrected chi connectivity index (χ1v) is 7.08. The molecule has 2 aromatic rings. The minimum atomic E-state index is -4.38. The van der Waals surface area contributed by atoms with E-state index < -0.39 is 16.6 Å². The van der Waals surface area contributed by atoms with Gasteiger partial charge in [-0.1, -0.05) is 37.9 Å². The molecule has 0 saturated carbocycles. The van der Waals surface area contributed by atoms with Crippen LogP contribution in [0.3, 0.4) is 0 Å². The van der Waals surface area contributed by atoms with Crippen LogP contribution in [0.5, 0.6) is 0 Å². The number of rotatable bonds is 3. The number of benzene rings is 1. The molecule has 0 spiro atoms. The predicted molar refractivity (Wildman–Crippen MR) is 73.1 cm³/mol. The molecule has 0 aliphatic heterocycles. The van der Waals surface area contributed by atoms with E-state index in [2.05, 4.69) is 41.8 Å². The van der Waals surface area contributed by atoms with E-state index in [0.717, 1.165) is 6.07 Å². The molecule has 0 aliphatic carbocycles. The van der Waals surface area contributed by atoms with Gasteiger partial charge in [0.2, 0.25) is 0 Å². The van der Waals surface area contributed by atoms with Crippen LogP contribution in [0, 0.1) is 0 Å². The second kappa shape index (κ2) is 5.66. The Balaban J connectivity index is 2.33. The van der Waals surface area contributed by atoms with Gasteiger partial charge < -0.3 is 4.98 Å². The van der Waals surface area contributed by atoms with Gasteiger partial charge in [0.15, 0.2) is 0 Å². The molecule has 1 unspecified atom stereocenters. The molecule has 7 heteroatoms. The Morgan fingerprint density at radius 3 is 2.63 bits per heavy atom. The highest BCUT2D eigenvalue weighted by Crippen LogP contribution is 2.39. The maximum absolute atomic E-state index is 13.0. The Bertz CT molecular complexity index is 553. The van der Waals surface area contributed by atoms with E-state index in [1.165, 1.54) is 6.07 Å². The number of aromatic nitrogens is 2. The number of aromatic amines is 1. The van der Waals surface area contributed by atoms with Gasteiger partial charge in [0, 0.05) is 28.1 Å². The van der Waals surface area contributed by atoms with Crippen LogP contribution in [-0.4, -0.2) is 9.97 Å². The van der Waals surface area contributed by atoms with Crippen molar-refractivity contribution < 1.29 is 13.2 Å². The van der Waals surface area contributed by atoms with Gasteiger partial charge in [0.25, 0.3) is 0 Å². The summed E-state index contributed by atoms with van der Waals surface area (Å²) in [6, 6.07) is 4.15. The van der Waals surface area contributed by atoms with E-state index in [4.69, 9.17) is 0 Å². The molecule has 19 heavy (non-hydrogen) atoms. The molecule has 0 radical (unpaired) electrons. The van der Waals surface area contributed by atoms with E-state index in [1.54, 1.807) is 18.5 Å². The summed E-state index contributed by atoms with van der Waals surface area (Å²) >= 11 is 6.36. The van der Waals surface area contributed by atoms with Crippen molar-refractivity contribution in [3.8, 4) is 0 Å². The summed E-state index contributed by atoms with van der Waals surface area (Å²) < 4.78 is 39.4. The lowest BCUT2D eigenvalue weighted by Crippen LogP contribution is -2.11. The number of nitrogens with zero attached hydrogens (tertiary/aromatic N) is 1. The minimum Gasteiger partial charge on any atom is -0.349 e. The van der Waals surface area contributed by atoms with Crippen molar-refractivity contribution >= 4 is 31.9 Å². The third-order valence-corrected chi connectivity index (χ3v) is 3.90. The predicted octanol–water partition coefficient (Wildman–Crippen LogP) is 4.87. The summed E-state index contributed by atoms with van der Waals surface area (Å²) in [5, 5.41) is 0. The number of H-pyrrole nitrogens is 1. The molecule has 1 atom stereocenters. The molecule has 2 nitrogen and oxygen atoms in total. The first kappa shape index (κ1) is 14.6. The minimum absolute atomic E-state index is 0.201. The summed E-state index contributed by atoms with van der Waals surface area (Å²) in [6.07, 6.45) is -0.811. The number of nitrogens with one attached hydrogen (secondary N) is 1. The van der Waals surface area contributed by atoms with Crippen LogP contribution in [0.2, 0.25) is 0 Å². The Kier molecular flexibility index (Phi) is 4.35. The summed E-state index contributed by atoms with van der Waals surface area (Å²) in [4.78, 5) is 6.44. The summed E-state index contributed by atoms with van der Waals surface area (Å²) in [7, 11) is 0. The van der Waals surface area contributed by atoms with Crippen LogP contribution in [0.15, 0.2) is 35.1 Å². The molecule has 1 aromatic carbocycles. The number of imidazole rings is 1. The first-order valence-electron chi connectivity index (χ1n) is 5.37. The third-order valence-electron chi connectivity index (χ3n) is 2.59. The third kappa shape index (κ3) is 3.60. The zero-order valence-electron chi connectivity index (χ0n) is 9.51. The lowest BCUT2D eigenvalue weighted by atomic mass is 10.0. The largest absolute Gasteiger partial charge is 0.416 e. The zero-order valence-corrected chi connectivity index (χ0v) is 12.7. The SMILES string of the molecule is FC(F)(F)c1cc(Br)ccc1C(Br)Cc1ncc[nH]1. The van der Waals surface area contributed by atoms with Crippen molar-refractivity contribution in [2.24, 2.45) is 0 Å². The molecule has 0 saturated heterocycles. The van der Waals surface area contributed by atoms with E-state index in [-0.39, 0.29) is 5.56 Å². The average Bonchev–Trinajstić information content (AvgIpc) is 2.80. The maximum atomic E-state index is 13.0. The summed E-state index contributed by atoms with van der Waals surface area (Å²) in [5.74, 6) is 0.637. The number of hydrogen-bond acceptors (Lipinski definition) is 1. The Morgan fingerprint density at radius 2 is 2.05 bits per heavy atom. The molecule has 0 amide bonds. The van der Waals surface area contributed by atoms with Crippen molar-refractivity contribution in [3.63, 3.8) is 0 Å². The van der Waals surface area contributed by atoms with Gasteiger partial charge in [-0.3, -0.25) is 0 Å². The Morgan fingerprint density at radius 1 is 1.32 bits per heavy atom. The fourth-order valence-electron chi connectivity index (χ4n) is 1.74. The number of hydrogen-bond donors (Lipinski definition) is 1. The van der Waals surface area contributed by atoms with Crippen LogP contribution in [-0.2, 0) is 12.6 Å². The lowest BCUT2D eigenvalue weighted by Gasteiger charge is -2.17. The molecular weight excluding hydrogens is 389 g/mol. The van der Waals surface area contributed by atoms with Gasteiger partial charge in [-0.25, -0.2) is 4.98 Å². The van der Waals surface area contributed by atoms with E-state index >= 15 is 0 Å². The van der Waals surface area contributed by atoms with Crippen molar-refractivity contribution in [1.29, 1.82) is 0 Å². The fourth-order valence-corrected chi connectivity index (χ4v) is 2.80. The molecule has 0 bridgehead atoms. The van der Waals surface area contributed by atoms with E-state index in [1.807, 2.05) is 0 Å². The van der Waals surface area contributed by atoms with Crippen molar-refractivity contribution in [1.82, 2.24) is 9.97 Å². The van der Waals surface area contributed by atoms with Crippen molar-refractivity contribution in [2.45, 2.75) is 17.4 Å². The quantitative estimate of drug-likeness (QED) is 0.735. The van der Waals surface area contributed by atoms with Crippen LogP contribution >= 0.6 is 31.9 Å².